The molecule has 3 nitrogen and oxygen atoms in total. The first-order valence-electron chi connectivity index (χ1n) is 5.27. The van der Waals surface area contributed by atoms with Crippen LogP contribution in [-0.2, 0) is 0 Å². The molecule has 1 atom stereocenters. The van der Waals surface area contributed by atoms with Crippen LogP contribution in [0.15, 0.2) is 36.7 Å². The molecule has 2 N–H and O–H groups in total. The van der Waals surface area contributed by atoms with Crippen LogP contribution in [0.2, 0.25) is 0 Å². The van der Waals surface area contributed by atoms with Gasteiger partial charge < -0.3 is 10.3 Å². The number of H-pyrrole nitrogens is 1. The minimum absolute atomic E-state index is 0.308. The Morgan fingerprint density at radius 1 is 1.40 bits per heavy atom. The predicted octanol–water partition coefficient (Wildman–Crippen LogP) is 2.15. The molecule has 1 unspecified atom stereocenters. The molecule has 2 aromatic heterocycles. The van der Waals surface area contributed by atoms with Crippen molar-refractivity contribution in [3.8, 4) is 0 Å². The van der Waals surface area contributed by atoms with Gasteiger partial charge in [-0.05, 0) is 25.1 Å². The second-order valence-electron chi connectivity index (χ2n) is 3.79. The monoisotopic (exact) mass is 199 g/mol. The normalized spacial score (nSPS) is 20.9. The van der Waals surface area contributed by atoms with Crippen LogP contribution >= 0.6 is 0 Å². The maximum Gasteiger partial charge on any atom is 0.0929 e. The van der Waals surface area contributed by atoms with E-state index in [4.69, 9.17) is 0 Å². The molecule has 0 radical (unpaired) electrons. The van der Waals surface area contributed by atoms with Gasteiger partial charge in [0, 0.05) is 18.0 Å². The summed E-state index contributed by atoms with van der Waals surface area (Å²) in [6.45, 7) is 1.04. The number of aromatic amines is 1. The molecule has 0 saturated carbocycles. The van der Waals surface area contributed by atoms with E-state index in [0.29, 0.717) is 6.04 Å². The van der Waals surface area contributed by atoms with Gasteiger partial charge in [0.15, 0.2) is 0 Å². The molecular weight excluding hydrogens is 186 g/mol. The van der Waals surface area contributed by atoms with E-state index in [-0.39, 0.29) is 0 Å². The van der Waals surface area contributed by atoms with Crippen molar-refractivity contribution in [3.63, 3.8) is 0 Å². The van der Waals surface area contributed by atoms with E-state index >= 15 is 0 Å². The smallest absolute Gasteiger partial charge is 0.0929 e. The SMILES string of the molecule is C1=CC(c2c[nH]c3cccnc23)NCC1. The van der Waals surface area contributed by atoms with Crippen molar-refractivity contribution < 1.29 is 0 Å². The molecule has 1 aliphatic heterocycles. The van der Waals surface area contributed by atoms with Gasteiger partial charge in [0.25, 0.3) is 0 Å². The van der Waals surface area contributed by atoms with Crippen molar-refractivity contribution in [3.05, 3.63) is 42.2 Å². The first kappa shape index (κ1) is 8.68. The first-order chi connectivity index (χ1) is 7.45. The van der Waals surface area contributed by atoms with Crippen LogP contribution < -0.4 is 5.32 Å². The van der Waals surface area contributed by atoms with Crippen LogP contribution in [0, 0.1) is 0 Å². The predicted molar refractivity (Wildman–Crippen MR) is 60.6 cm³/mol. The number of nitrogens with zero attached hydrogens (tertiary/aromatic N) is 1. The van der Waals surface area contributed by atoms with Gasteiger partial charge in [-0.3, -0.25) is 4.98 Å². The molecule has 0 saturated heterocycles. The Morgan fingerprint density at radius 2 is 2.40 bits per heavy atom. The van der Waals surface area contributed by atoms with Gasteiger partial charge in [0.05, 0.1) is 17.1 Å². The number of aromatic nitrogens is 2. The average molecular weight is 199 g/mol. The Morgan fingerprint density at radius 3 is 3.27 bits per heavy atom. The van der Waals surface area contributed by atoms with Gasteiger partial charge in [0.2, 0.25) is 0 Å². The minimum atomic E-state index is 0.308. The molecule has 0 spiro atoms. The lowest BCUT2D eigenvalue weighted by Crippen LogP contribution is -2.23. The molecule has 1 aliphatic rings. The summed E-state index contributed by atoms with van der Waals surface area (Å²) < 4.78 is 0. The minimum Gasteiger partial charge on any atom is -0.359 e. The summed E-state index contributed by atoms with van der Waals surface area (Å²) in [6.07, 6.45) is 9.44. The molecule has 0 amide bonds. The van der Waals surface area contributed by atoms with Gasteiger partial charge in [-0.25, -0.2) is 0 Å². The molecule has 15 heavy (non-hydrogen) atoms. The third kappa shape index (κ3) is 1.45. The zero-order valence-corrected chi connectivity index (χ0v) is 8.40. The van der Waals surface area contributed by atoms with Crippen molar-refractivity contribution in [1.29, 1.82) is 0 Å². The molecule has 3 heterocycles. The molecule has 76 valence electrons. The van der Waals surface area contributed by atoms with Crippen LogP contribution in [0.25, 0.3) is 11.0 Å². The van der Waals surface area contributed by atoms with E-state index in [1.165, 1.54) is 5.56 Å². The van der Waals surface area contributed by atoms with Crippen molar-refractivity contribution in [2.75, 3.05) is 6.54 Å². The van der Waals surface area contributed by atoms with E-state index in [0.717, 1.165) is 24.0 Å². The Bertz CT molecular complexity index is 498. The van der Waals surface area contributed by atoms with Gasteiger partial charge in [-0.1, -0.05) is 12.2 Å². The lowest BCUT2D eigenvalue weighted by Gasteiger charge is -2.17. The third-order valence-corrected chi connectivity index (χ3v) is 2.80. The van der Waals surface area contributed by atoms with E-state index in [2.05, 4.69) is 33.5 Å². The lowest BCUT2D eigenvalue weighted by molar-refractivity contribution is 0.603. The fraction of sp³-hybridized carbons (Fsp3) is 0.250. The second kappa shape index (κ2) is 3.51. The molecule has 3 rings (SSSR count). The summed E-state index contributed by atoms with van der Waals surface area (Å²) in [5.74, 6) is 0. The molecule has 0 bridgehead atoms. The van der Waals surface area contributed by atoms with E-state index in [9.17, 15) is 0 Å². The second-order valence-corrected chi connectivity index (χ2v) is 3.79. The first-order valence-corrected chi connectivity index (χ1v) is 5.27. The van der Waals surface area contributed by atoms with E-state index in [1.807, 2.05) is 18.5 Å². The Kier molecular flexibility index (Phi) is 2.03. The van der Waals surface area contributed by atoms with Gasteiger partial charge >= 0.3 is 0 Å². The van der Waals surface area contributed by atoms with Gasteiger partial charge in [-0.15, -0.1) is 0 Å². The summed E-state index contributed by atoms with van der Waals surface area (Å²) >= 11 is 0. The molecule has 0 fully saturated rings. The number of hydrogen-bond donors (Lipinski definition) is 2. The molecule has 3 heteroatoms. The fourth-order valence-electron chi connectivity index (χ4n) is 2.05. The maximum atomic E-state index is 4.41. The summed E-state index contributed by atoms with van der Waals surface area (Å²) in [5, 5.41) is 3.47. The number of fused-ring (bicyclic) bond motifs is 1. The lowest BCUT2D eigenvalue weighted by atomic mass is 10.1. The largest absolute Gasteiger partial charge is 0.359 e. The van der Waals surface area contributed by atoms with Crippen molar-refractivity contribution in [1.82, 2.24) is 15.3 Å². The number of pyridine rings is 1. The quantitative estimate of drug-likeness (QED) is 0.691. The topological polar surface area (TPSA) is 40.7 Å². The van der Waals surface area contributed by atoms with Gasteiger partial charge in [-0.2, -0.15) is 0 Å². The molecule has 0 aliphatic carbocycles. The number of hydrogen-bond acceptors (Lipinski definition) is 2. The van der Waals surface area contributed by atoms with Crippen LogP contribution in [-0.4, -0.2) is 16.5 Å². The molecule has 0 aromatic carbocycles. The van der Waals surface area contributed by atoms with Crippen LogP contribution in [0.3, 0.4) is 0 Å². The van der Waals surface area contributed by atoms with Crippen LogP contribution in [0.1, 0.15) is 18.0 Å². The number of rotatable bonds is 1. The van der Waals surface area contributed by atoms with Crippen molar-refractivity contribution in [2.24, 2.45) is 0 Å². The Labute approximate surface area is 88.2 Å². The van der Waals surface area contributed by atoms with Crippen molar-refractivity contribution in [2.45, 2.75) is 12.5 Å². The molecular formula is C12H13N3. The maximum absolute atomic E-state index is 4.41. The standard InChI is InChI=1S/C12H13N3/c1-2-6-13-10(4-1)9-8-15-11-5-3-7-14-12(9)11/h1,3-5,7-8,10,13,15H,2,6H2. The summed E-state index contributed by atoms with van der Waals surface area (Å²) in [6, 6.07) is 4.31. The van der Waals surface area contributed by atoms with Crippen LogP contribution in [0.4, 0.5) is 0 Å². The van der Waals surface area contributed by atoms with Crippen LogP contribution in [0.5, 0.6) is 0 Å². The highest BCUT2D eigenvalue weighted by Crippen LogP contribution is 2.24. The Balaban J connectivity index is 2.10. The zero-order valence-electron chi connectivity index (χ0n) is 8.40. The van der Waals surface area contributed by atoms with Gasteiger partial charge in [0.1, 0.15) is 0 Å². The summed E-state index contributed by atoms with van der Waals surface area (Å²) in [4.78, 5) is 7.66. The zero-order chi connectivity index (χ0) is 10.1. The summed E-state index contributed by atoms with van der Waals surface area (Å²) in [5.41, 5.74) is 3.41. The van der Waals surface area contributed by atoms with E-state index < -0.39 is 0 Å². The third-order valence-electron chi connectivity index (χ3n) is 2.80. The fourth-order valence-corrected chi connectivity index (χ4v) is 2.05. The highest BCUT2D eigenvalue weighted by atomic mass is 14.9. The molecule has 2 aromatic rings. The number of nitrogens with one attached hydrogen (secondary N) is 2. The highest BCUT2D eigenvalue weighted by Gasteiger charge is 2.14. The Hall–Kier alpha value is -1.61. The average Bonchev–Trinajstić information content (AvgIpc) is 2.74. The van der Waals surface area contributed by atoms with E-state index in [1.54, 1.807) is 0 Å². The summed E-state index contributed by atoms with van der Waals surface area (Å²) in [7, 11) is 0. The van der Waals surface area contributed by atoms with Crippen molar-refractivity contribution >= 4 is 11.0 Å². The highest BCUT2D eigenvalue weighted by molar-refractivity contribution is 5.79.